The third-order valence-corrected chi connectivity index (χ3v) is 4.39. The molecular weight excluding hydrogens is 399 g/mol. The molecule has 0 amide bonds. The summed E-state index contributed by atoms with van der Waals surface area (Å²) < 4.78 is 41.1. The molecule has 4 rings (SSSR count). The van der Waals surface area contributed by atoms with Crippen LogP contribution in [0.3, 0.4) is 0 Å². The van der Waals surface area contributed by atoms with Crippen LogP contribution in [0.5, 0.6) is 0 Å². The molecule has 2 aromatic heterocycles. The monoisotopic (exact) mass is 407 g/mol. The highest BCUT2D eigenvalue weighted by Crippen LogP contribution is 2.31. The zero-order valence-corrected chi connectivity index (χ0v) is 14.0. The summed E-state index contributed by atoms with van der Waals surface area (Å²) in [6, 6.07) is 10.0. The zero-order valence-electron chi connectivity index (χ0n) is 12.4. The normalized spacial score (nSPS) is 12.2. The molecule has 0 saturated heterocycles. The number of fused-ring (bicyclic) bond motifs is 3. The minimum absolute atomic E-state index is 0.138. The van der Waals surface area contributed by atoms with Gasteiger partial charge in [0, 0.05) is 9.86 Å². The number of alkyl halides is 3. The maximum Gasteiger partial charge on any atom is 0.416 e. The predicted molar refractivity (Wildman–Crippen MR) is 91.9 cm³/mol. The summed E-state index contributed by atoms with van der Waals surface area (Å²) in [6.07, 6.45) is -2.99. The Labute approximate surface area is 147 Å². The van der Waals surface area contributed by atoms with E-state index in [0.717, 1.165) is 16.6 Å². The second-order valence-corrected chi connectivity index (χ2v) is 6.41. The number of nitrogens with one attached hydrogen (secondary N) is 1. The lowest BCUT2D eigenvalue weighted by atomic mass is 10.1. The van der Waals surface area contributed by atoms with Crippen LogP contribution in [0.4, 0.5) is 13.2 Å². The first-order chi connectivity index (χ1) is 11.8. The molecule has 2 aromatic carbocycles. The Morgan fingerprint density at radius 3 is 2.68 bits per heavy atom. The van der Waals surface area contributed by atoms with E-state index in [1.807, 2.05) is 0 Å². The number of hydrogen-bond acceptors (Lipinski definition) is 2. The lowest BCUT2D eigenvalue weighted by Crippen LogP contribution is -2.15. The van der Waals surface area contributed by atoms with Crippen molar-refractivity contribution in [3.63, 3.8) is 0 Å². The van der Waals surface area contributed by atoms with Crippen LogP contribution in [0.15, 0.2) is 57.9 Å². The molecule has 0 unspecified atom stereocenters. The summed E-state index contributed by atoms with van der Waals surface area (Å²) in [7, 11) is 0. The van der Waals surface area contributed by atoms with Crippen molar-refractivity contribution in [2.24, 2.45) is 0 Å². The first-order valence-electron chi connectivity index (χ1n) is 7.21. The molecule has 0 saturated carbocycles. The van der Waals surface area contributed by atoms with Crippen molar-refractivity contribution in [3.05, 3.63) is 69.2 Å². The maximum atomic E-state index is 13.0. The minimum atomic E-state index is -4.49. The molecule has 25 heavy (non-hydrogen) atoms. The van der Waals surface area contributed by atoms with Gasteiger partial charge in [-0.3, -0.25) is 9.55 Å². The standard InChI is InChI=1S/C17H9BrF3N3O/c18-10-4-5-13-12(7-10)15-14(8-22-13)23-16(25)24(15)11-3-1-2-9(6-11)17(19,20)21/h1-8H,(H,23,25). The second-order valence-electron chi connectivity index (χ2n) is 5.50. The molecule has 1 N–H and O–H groups in total. The number of imidazole rings is 1. The maximum absolute atomic E-state index is 13.0. The van der Waals surface area contributed by atoms with E-state index in [4.69, 9.17) is 0 Å². The fourth-order valence-corrected chi connectivity index (χ4v) is 3.18. The fourth-order valence-electron chi connectivity index (χ4n) is 2.82. The summed E-state index contributed by atoms with van der Waals surface area (Å²) in [5.41, 5.74) is 0.368. The van der Waals surface area contributed by atoms with Crippen molar-refractivity contribution >= 4 is 37.9 Å². The van der Waals surface area contributed by atoms with Crippen LogP contribution in [0.25, 0.3) is 27.6 Å². The van der Waals surface area contributed by atoms with Gasteiger partial charge >= 0.3 is 11.9 Å². The highest BCUT2D eigenvalue weighted by molar-refractivity contribution is 9.10. The van der Waals surface area contributed by atoms with Gasteiger partial charge in [0.1, 0.15) is 0 Å². The van der Waals surface area contributed by atoms with Gasteiger partial charge in [0.05, 0.1) is 34.0 Å². The molecule has 0 aliphatic rings. The summed E-state index contributed by atoms with van der Waals surface area (Å²) in [5, 5.41) is 0.655. The summed E-state index contributed by atoms with van der Waals surface area (Å²) >= 11 is 3.37. The molecule has 4 aromatic rings. The van der Waals surface area contributed by atoms with Gasteiger partial charge < -0.3 is 4.98 Å². The van der Waals surface area contributed by atoms with E-state index in [1.165, 1.54) is 22.9 Å². The van der Waals surface area contributed by atoms with Crippen molar-refractivity contribution in [1.29, 1.82) is 0 Å². The van der Waals surface area contributed by atoms with Gasteiger partial charge in [-0.25, -0.2) is 4.79 Å². The number of H-pyrrole nitrogens is 1. The van der Waals surface area contributed by atoms with E-state index in [0.29, 0.717) is 21.9 Å². The number of aromatic amines is 1. The molecule has 4 nitrogen and oxygen atoms in total. The Hall–Kier alpha value is -2.61. The molecule has 126 valence electrons. The summed E-state index contributed by atoms with van der Waals surface area (Å²) in [4.78, 5) is 19.3. The van der Waals surface area contributed by atoms with Crippen LogP contribution >= 0.6 is 15.9 Å². The van der Waals surface area contributed by atoms with Crippen LogP contribution in [0.2, 0.25) is 0 Å². The Bertz CT molecular complexity index is 1180. The number of benzene rings is 2. The number of rotatable bonds is 1. The van der Waals surface area contributed by atoms with E-state index in [-0.39, 0.29) is 5.69 Å². The molecule has 0 bridgehead atoms. The van der Waals surface area contributed by atoms with Gasteiger partial charge in [-0.2, -0.15) is 13.2 Å². The Morgan fingerprint density at radius 2 is 1.92 bits per heavy atom. The second kappa shape index (κ2) is 5.45. The molecular formula is C17H9BrF3N3O. The zero-order chi connectivity index (χ0) is 17.8. The molecule has 0 radical (unpaired) electrons. The predicted octanol–water partition coefficient (Wildman–Crippen LogP) is 4.65. The molecule has 8 heteroatoms. The van der Waals surface area contributed by atoms with Crippen molar-refractivity contribution in [3.8, 4) is 5.69 Å². The number of aromatic nitrogens is 3. The number of pyridine rings is 1. The average molecular weight is 408 g/mol. The van der Waals surface area contributed by atoms with Gasteiger partial charge in [0.25, 0.3) is 0 Å². The fraction of sp³-hybridized carbons (Fsp3) is 0.0588. The van der Waals surface area contributed by atoms with Gasteiger partial charge in [-0.05, 0) is 36.4 Å². The largest absolute Gasteiger partial charge is 0.416 e. The molecule has 0 fully saturated rings. The molecule has 0 aliphatic carbocycles. The highest BCUT2D eigenvalue weighted by Gasteiger charge is 2.30. The third-order valence-electron chi connectivity index (χ3n) is 3.90. The van der Waals surface area contributed by atoms with Gasteiger partial charge in [0.15, 0.2) is 0 Å². The van der Waals surface area contributed by atoms with Crippen LogP contribution in [0, 0.1) is 0 Å². The summed E-state index contributed by atoms with van der Waals surface area (Å²) in [5.74, 6) is 0. The van der Waals surface area contributed by atoms with Crippen molar-refractivity contribution < 1.29 is 13.2 Å². The Kier molecular flexibility index (Phi) is 3.47. The number of hydrogen-bond donors (Lipinski definition) is 1. The topological polar surface area (TPSA) is 50.7 Å². The van der Waals surface area contributed by atoms with Crippen molar-refractivity contribution in [2.45, 2.75) is 6.18 Å². The van der Waals surface area contributed by atoms with Gasteiger partial charge in [-0.15, -0.1) is 0 Å². The van der Waals surface area contributed by atoms with Gasteiger partial charge in [0.2, 0.25) is 0 Å². The molecule has 0 spiro atoms. The van der Waals surface area contributed by atoms with Crippen molar-refractivity contribution in [1.82, 2.24) is 14.5 Å². The quantitative estimate of drug-likeness (QED) is 0.499. The van der Waals surface area contributed by atoms with Crippen LogP contribution in [0.1, 0.15) is 5.56 Å². The number of halogens is 4. The molecule has 2 heterocycles. The third kappa shape index (κ3) is 2.62. The highest BCUT2D eigenvalue weighted by atomic mass is 79.9. The van der Waals surface area contributed by atoms with E-state index in [1.54, 1.807) is 18.2 Å². The van der Waals surface area contributed by atoms with E-state index in [9.17, 15) is 18.0 Å². The molecule has 0 aliphatic heterocycles. The summed E-state index contributed by atoms with van der Waals surface area (Å²) in [6.45, 7) is 0. The smallest absolute Gasteiger partial charge is 0.304 e. The van der Waals surface area contributed by atoms with Gasteiger partial charge in [-0.1, -0.05) is 22.0 Å². The van der Waals surface area contributed by atoms with E-state index < -0.39 is 17.4 Å². The minimum Gasteiger partial charge on any atom is -0.304 e. The first kappa shape index (κ1) is 15.9. The first-order valence-corrected chi connectivity index (χ1v) is 8.00. The Morgan fingerprint density at radius 1 is 1.12 bits per heavy atom. The van der Waals surface area contributed by atoms with Crippen LogP contribution in [-0.4, -0.2) is 14.5 Å². The van der Waals surface area contributed by atoms with Crippen molar-refractivity contribution in [2.75, 3.05) is 0 Å². The Balaban J connectivity index is 2.10. The average Bonchev–Trinajstić information content (AvgIpc) is 2.90. The SMILES string of the molecule is O=c1[nH]c2cnc3ccc(Br)cc3c2n1-c1cccc(C(F)(F)F)c1. The van der Waals surface area contributed by atoms with Crippen LogP contribution in [-0.2, 0) is 6.18 Å². The van der Waals surface area contributed by atoms with E-state index >= 15 is 0 Å². The number of nitrogens with zero attached hydrogens (tertiary/aromatic N) is 2. The van der Waals surface area contributed by atoms with Crippen LogP contribution < -0.4 is 5.69 Å². The lowest BCUT2D eigenvalue weighted by molar-refractivity contribution is -0.137. The molecule has 0 atom stereocenters. The van der Waals surface area contributed by atoms with E-state index in [2.05, 4.69) is 25.9 Å². The lowest BCUT2D eigenvalue weighted by Gasteiger charge is -2.10.